The average molecular weight is 374 g/mol. The van der Waals surface area contributed by atoms with Crippen molar-refractivity contribution in [3.8, 4) is 11.4 Å². The molecule has 1 aliphatic heterocycles. The normalized spacial score (nSPS) is 20.7. The van der Waals surface area contributed by atoms with Crippen molar-refractivity contribution in [1.82, 2.24) is 20.4 Å². The van der Waals surface area contributed by atoms with Crippen LogP contribution in [-0.2, 0) is 23.3 Å². The lowest BCUT2D eigenvalue weighted by atomic mass is 9.92. The Morgan fingerprint density at radius 1 is 1.14 bits per heavy atom. The van der Waals surface area contributed by atoms with Crippen molar-refractivity contribution in [2.24, 2.45) is 0 Å². The van der Waals surface area contributed by atoms with Gasteiger partial charge in [-0.05, 0) is 30.9 Å². The summed E-state index contributed by atoms with van der Waals surface area (Å²) in [7, 11) is 0. The Morgan fingerprint density at radius 3 is 2.75 bits per heavy atom. The zero-order chi connectivity index (χ0) is 19.3. The highest BCUT2D eigenvalue weighted by atomic mass is 16.5. The molecule has 2 aliphatic rings. The molecule has 140 valence electrons. The highest BCUT2D eigenvalue weighted by molar-refractivity contribution is 6.08. The Labute approximate surface area is 161 Å². The van der Waals surface area contributed by atoms with E-state index in [1.807, 2.05) is 55.5 Å². The van der Waals surface area contributed by atoms with Gasteiger partial charge in [-0.2, -0.15) is 4.98 Å². The highest BCUT2D eigenvalue weighted by Crippen LogP contribution is 2.41. The molecule has 7 nitrogen and oxygen atoms in total. The summed E-state index contributed by atoms with van der Waals surface area (Å²) in [6.07, 6.45) is 1.32. The van der Waals surface area contributed by atoms with Crippen molar-refractivity contribution in [2.45, 2.75) is 31.8 Å². The van der Waals surface area contributed by atoms with E-state index < -0.39 is 11.6 Å². The summed E-state index contributed by atoms with van der Waals surface area (Å²) < 4.78 is 5.29. The molecule has 1 N–H and O–H groups in total. The predicted octanol–water partition coefficient (Wildman–Crippen LogP) is 2.94. The van der Waals surface area contributed by atoms with Crippen LogP contribution in [0.1, 0.15) is 29.0 Å². The van der Waals surface area contributed by atoms with Gasteiger partial charge in [0.25, 0.3) is 5.91 Å². The summed E-state index contributed by atoms with van der Waals surface area (Å²) in [6, 6.07) is 15.0. The molecule has 28 heavy (non-hydrogen) atoms. The minimum Gasteiger partial charge on any atom is -0.337 e. The van der Waals surface area contributed by atoms with Gasteiger partial charge in [0.2, 0.25) is 11.7 Å². The number of carbonyl (C=O) groups excluding carboxylic acids is 2. The topological polar surface area (TPSA) is 88.3 Å². The maximum Gasteiger partial charge on any atom is 0.325 e. The first-order valence-corrected chi connectivity index (χ1v) is 9.19. The Hall–Kier alpha value is -3.48. The number of aromatic nitrogens is 2. The number of urea groups is 1. The maximum atomic E-state index is 13.2. The zero-order valence-corrected chi connectivity index (χ0v) is 15.3. The summed E-state index contributed by atoms with van der Waals surface area (Å²) >= 11 is 0. The smallest absolute Gasteiger partial charge is 0.325 e. The highest BCUT2D eigenvalue weighted by Gasteiger charge is 2.55. The number of aryl methyl sites for hydroxylation is 2. The zero-order valence-electron chi connectivity index (χ0n) is 15.3. The van der Waals surface area contributed by atoms with Gasteiger partial charge in [-0.25, -0.2) is 4.79 Å². The van der Waals surface area contributed by atoms with Crippen LogP contribution in [-0.4, -0.2) is 27.0 Å². The van der Waals surface area contributed by atoms with Crippen molar-refractivity contribution < 1.29 is 14.1 Å². The van der Waals surface area contributed by atoms with Crippen LogP contribution in [0.3, 0.4) is 0 Å². The first-order chi connectivity index (χ1) is 13.6. The quantitative estimate of drug-likeness (QED) is 0.712. The Morgan fingerprint density at radius 2 is 1.93 bits per heavy atom. The summed E-state index contributed by atoms with van der Waals surface area (Å²) in [5.74, 6) is 0.392. The molecule has 0 bridgehead atoms. The first kappa shape index (κ1) is 16.7. The second kappa shape index (κ2) is 6.02. The SMILES string of the molecule is Cc1ccc(-c2noc(CN3C(=O)NC4(CCc5ccccc54)C3=O)n2)cc1. The minimum atomic E-state index is -0.979. The lowest BCUT2D eigenvalue weighted by molar-refractivity contribution is -0.132. The minimum absolute atomic E-state index is 0.0482. The van der Waals surface area contributed by atoms with Gasteiger partial charge in [0.1, 0.15) is 12.1 Å². The molecule has 1 spiro atoms. The fraction of sp³-hybridized carbons (Fsp3) is 0.238. The molecule has 1 aliphatic carbocycles. The Balaban J connectivity index is 1.40. The van der Waals surface area contributed by atoms with Crippen molar-refractivity contribution in [3.63, 3.8) is 0 Å². The Bertz CT molecular complexity index is 1090. The molecule has 3 amide bonds. The molecule has 5 rings (SSSR count). The second-order valence-corrected chi connectivity index (χ2v) is 7.26. The fourth-order valence-corrected chi connectivity index (χ4v) is 4.01. The summed E-state index contributed by atoms with van der Waals surface area (Å²) in [4.78, 5) is 31.3. The van der Waals surface area contributed by atoms with Gasteiger partial charge < -0.3 is 9.84 Å². The molecule has 1 unspecified atom stereocenters. The van der Waals surface area contributed by atoms with E-state index in [1.54, 1.807) is 0 Å². The van der Waals surface area contributed by atoms with Crippen LogP contribution in [0.2, 0.25) is 0 Å². The van der Waals surface area contributed by atoms with E-state index in [1.165, 1.54) is 0 Å². The van der Waals surface area contributed by atoms with Crippen molar-refractivity contribution >= 4 is 11.9 Å². The molecule has 2 aromatic carbocycles. The molecule has 3 aromatic rings. The van der Waals surface area contributed by atoms with E-state index in [4.69, 9.17) is 4.52 Å². The van der Waals surface area contributed by atoms with Gasteiger partial charge in [0.15, 0.2) is 0 Å². The summed E-state index contributed by atoms with van der Waals surface area (Å²) in [5, 5.41) is 6.88. The van der Waals surface area contributed by atoms with Crippen molar-refractivity contribution in [1.29, 1.82) is 0 Å². The standard InChI is InChI=1S/C21H18N4O3/c1-13-6-8-15(9-7-13)18-22-17(28-24-18)12-25-19(26)21(23-20(25)27)11-10-14-4-2-3-5-16(14)21/h2-9H,10-12H2,1H3,(H,23,27). The molecule has 1 atom stereocenters. The fourth-order valence-electron chi connectivity index (χ4n) is 4.01. The van der Waals surface area contributed by atoms with Gasteiger partial charge in [-0.3, -0.25) is 9.69 Å². The Kier molecular flexibility index (Phi) is 3.58. The van der Waals surface area contributed by atoms with Gasteiger partial charge in [-0.15, -0.1) is 0 Å². The number of carbonyl (C=O) groups is 2. The van der Waals surface area contributed by atoms with E-state index in [-0.39, 0.29) is 18.3 Å². The molecular formula is C21H18N4O3. The third kappa shape index (κ3) is 2.43. The first-order valence-electron chi connectivity index (χ1n) is 9.19. The number of rotatable bonds is 3. The van der Waals surface area contributed by atoms with Crippen LogP contribution >= 0.6 is 0 Å². The number of nitrogens with one attached hydrogen (secondary N) is 1. The molecule has 2 heterocycles. The third-order valence-electron chi connectivity index (χ3n) is 5.49. The van der Waals surface area contributed by atoms with Gasteiger partial charge in [0.05, 0.1) is 0 Å². The van der Waals surface area contributed by atoms with Crippen molar-refractivity contribution in [3.05, 3.63) is 71.1 Å². The van der Waals surface area contributed by atoms with Crippen LogP contribution in [0.25, 0.3) is 11.4 Å². The van der Waals surface area contributed by atoms with E-state index in [0.29, 0.717) is 12.2 Å². The monoisotopic (exact) mass is 374 g/mol. The molecule has 1 fully saturated rings. The van der Waals surface area contributed by atoms with Crippen LogP contribution in [0.5, 0.6) is 0 Å². The number of nitrogens with zero attached hydrogens (tertiary/aromatic N) is 3. The van der Waals surface area contributed by atoms with Crippen LogP contribution in [0, 0.1) is 6.92 Å². The second-order valence-electron chi connectivity index (χ2n) is 7.26. The van der Waals surface area contributed by atoms with Gasteiger partial charge in [-0.1, -0.05) is 59.3 Å². The average Bonchev–Trinajstić information content (AvgIpc) is 3.37. The van der Waals surface area contributed by atoms with Crippen molar-refractivity contribution in [2.75, 3.05) is 0 Å². The van der Waals surface area contributed by atoms with Crippen LogP contribution in [0.4, 0.5) is 4.79 Å². The predicted molar refractivity (Wildman–Crippen MR) is 100.0 cm³/mol. The van der Waals surface area contributed by atoms with Crippen LogP contribution < -0.4 is 5.32 Å². The molecule has 1 saturated heterocycles. The number of hydrogen-bond acceptors (Lipinski definition) is 5. The molecule has 0 saturated carbocycles. The van der Waals surface area contributed by atoms with E-state index in [9.17, 15) is 9.59 Å². The van der Waals surface area contributed by atoms with Gasteiger partial charge >= 0.3 is 6.03 Å². The molecule has 1 aromatic heterocycles. The molecule has 0 radical (unpaired) electrons. The molecular weight excluding hydrogens is 356 g/mol. The largest absolute Gasteiger partial charge is 0.337 e. The number of imide groups is 1. The van der Waals surface area contributed by atoms with Crippen LogP contribution in [0.15, 0.2) is 53.1 Å². The number of fused-ring (bicyclic) bond motifs is 2. The maximum absolute atomic E-state index is 13.2. The third-order valence-corrected chi connectivity index (χ3v) is 5.49. The summed E-state index contributed by atoms with van der Waals surface area (Å²) in [6.45, 7) is 1.95. The molecule has 7 heteroatoms. The van der Waals surface area contributed by atoms with E-state index in [2.05, 4.69) is 15.5 Å². The summed E-state index contributed by atoms with van der Waals surface area (Å²) in [5.41, 5.74) is 2.94. The number of amides is 3. The lowest BCUT2D eigenvalue weighted by Gasteiger charge is -2.21. The lowest BCUT2D eigenvalue weighted by Crippen LogP contribution is -2.41. The van der Waals surface area contributed by atoms with Gasteiger partial charge in [0, 0.05) is 5.56 Å². The number of hydrogen-bond donors (Lipinski definition) is 1. The van der Waals surface area contributed by atoms with E-state index >= 15 is 0 Å². The van der Waals surface area contributed by atoms with E-state index in [0.717, 1.165) is 33.6 Å². The number of benzene rings is 2.